The van der Waals surface area contributed by atoms with E-state index in [2.05, 4.69) is 34.5 Å². The second-order valence-electron chi connectivity index (χ2n) is 6.60. The molecule has 5 nitrogen and oxygen atoms in total. The normalized spacial score (nSPS) is 24.2. The first-order valence-corrected chi connectivity index (χ1v) is 8.67. The highest BCUT2D eigenvalue weighted by molar-refractivity contribution is 5.85. The molecule has 0 spiro atoms. The zero-order valence-corrected chi connectivity index (χ0v) is 16.1. The molecule has 0 aromatic heterocycles. The summed E-state index contributed by atoms with van der Waals surface area (Å²) in [4.78, 5) is 14.7. The summed E-state index contributed by atoms with van der Waals surface area (Å²) < 4.78 is 5.67. The van der Waals surface area contributed by atoms with Gasteiger partial charge in [0.2, 0.25) is 5.91 Å². The van der Waals surface area contributed by atoms with Crippen molar-refractivity contribution >= 4 is 30.7 Å². The molecule has 1 aromatic carbocycles. The third-order valence-electron chi connectivity index (χ3n) is 4.85. The summed E-state index contributed by atoms with van der Waals surface area (Å²) in [6, 6.07) is 10.8. The Morgan fingerprint density at radius 2 is 1.80 bits per heavy atom. The number of halogens is 2. The number of ether oxygens (including phenoxy) is 1. The average Bonchev–Trinajstić information content (AvgIpc) is 3.07. The van der Waals surface area contributed by atoms with E-state index >= 15 is 0 Å². The highest BCUT2D eigenvalue weighted by atomic mass is 35.5. The van der Waals surface area contributed by atoms with Crippen LogP contribution in [-0.4, -0.2) is 48.7 Å². The van der Waals surface area contributed by atoms with Crippen molar-refractivity contribution in [3.63, 3.8) is 0 Å². The van der Waals surface area contributed by atoms with Gasteiger partial charge >= 0.3 is 0 Å². The minimum Gasteiger partial charge on any atom is -0.364 e. The molecule has 1 aromatic rings. The number of hydrogen-bond acceptors (Lipinski definition) is 4. The molecule has 0 bridgehead atoms. The second kappa shape index (κ2) is 11.0. The van der Waals surface area contributed by atoms with Crippen molar-refractivity contribution in [2.24, 2.45) is 5.73 Å². The van der Waals surface area contributed by atoms with Crippen molar-refractivity contribution in [2.75, 3.05) is 19.6 Å². The van der Waals surface area contributed by atoms with E-state index in [9.17, 15) is 4.79 Å². The minimum atomic E-state index is -0.300. The van der Waals surface area contributed by atoms with E-state index in [0.717, 1.165) is 45.3 Å². The SMILES string of the molecule is Cl.Cl.NC[C@H]1CC[C@@H](C(=O)NC2CCN(Cc3ccccc3)CC2)O1. The number of nitrogens with two attached hydrogens (primary N) is 1. The molecule has 0 radical (unpaired) electrons. The van der Waals surface area contributed by atoms with Crippen LogP contribution < -0.4 is 11.1 Å². The van der Waals surface area contributed by atoms with E-state index in [1.54, 1.807) is 0 Å². The molecular formula is C18H29Cl2N3O2. The molecule has 0 unspecified atom stereocenters. The minimum absolute atomic E-state index is 0. The van der Waals surface area contributed by atoms with Gasteiger partial charge in [0.1, 0.15) is 6.10 Å². The number of carbonyl (C=O) groups excluding carboxylic acids is 1. The van der Waals surface area contributed by atoms with Crippen LogP contribution in [0.4, 0.5) is 0 Å². The Labute approximate surface area is 162 Å². The molecule has 2 aliphatic rings. The summed E-state index contributed by atoms with van der Waals surface area (Å²) >= 11 is 0. The van der Waals surface area contributed by atoms with E-state index in [0.29, 0.717) is 6.54 Å². The van der Waals surface area contributed by atoms with Gasteiger partial charge in [-0.25, -0.2) is 0 Å². The molecule has 0 saturated carbocycles. The molecule has 2 fully saturated rings. The van der Waals surface area contributed by atoms with E-state index in [1.807, 2.05) is 6.07 Å². The molecule has 0 aliphatic carbocycles. The zero-order valence-electron chi connectivity index (χ0n) is 14.4. The van der Waals surface area contributed by atoms with Crippen molar-refractivity contribution in [1.82, 2.24) is 10.2 Å². The Bertz CT molecular complexity index is 510. The summed E-state index contributed by atoms with van der Waals surface area (Å²) in [7, 11) is 0. The van der Waals surface area contributed by atoms with E-state index in [1.165, 1.54) is 5.56 Å². The molecule has 1 amide bonds. The number of carbonyl (C=O) groups is 1. The molecule has 25 heavy (non-hydrogen) atoms. The van der Waals surface area contributed by atoms with Gasteiger partial charge < -0.3 is 15.8 Å². The molecule has 7 heteroatoms. The summed E-state index contributed by atoms with van der Waals surface area (Å²) in [6.45, 7) is 3.54. The molecule has 3 N–H and O–H groups in total. The summed E-state index contributed by atoms with van der Waals surface area (Å²) in [6.07, 6.45) is 3.45. The van der Waals surface area contributed by atoms with Gasteiger partial charge in [0.15, 0.2) is 0 Å². The van der Waals surface area contributed by atoms with Gasteiger partial charge in [-0.15, -0.1) is 24.8 Å². The van der Waals surface area contributed by atoms with Gasteiger partial charge in [-0.3, -0.25) is 9.69 Å². The quantitative estimate of drug-likeness (QED) is 0.808. The van der Waals surface area contributed by atoms with Gasteiger partial charge in [0.25, 0.3) is 0 Å². The summed E-state index contributed by atoms with van der Waals surface area (Å²) in [5.74, 6) is 0.0439. The zero-order chi connectivity index (χ0) is 16.1. The molecule has 2 atom stereocenters. The number of nitrogens with one attached hydrogen (secondary N) is 1. The van der Waals surface area contributed by atoms with Crippen LogP contribution in [0.25, 0.3) is 0 Å². The first kappa shape index (κ1) is 22.2. The van der Waals surface area contributed by atoms with Gasteiger partial charge in [-0.2, -0.15) is 0 Å². The van der Waals surface area contributed by atoms with E-state index < -0.39 is 0 Å². The Morgan fingerprint density at radius 3 is 2.40 bits per heavy atom. The molecular weight excluding hydrogens is 361 g/mol. The predicted octanol–water partition coefficient (Wildman–Crippen LogP) is 2.12. The van der Waals surface area contributed by atoms with Crippen LogP contribution in [0.1, 0.15) is 31.2 Å². The van der Waals surface area contributed by atoms with Crippen LogP contribution in [0.2, 0.25) is 0 Å². The van der Waals surface area contributed by atoms with E-state index in [-0.39, 0.29) is 49.0 Å². The third kappa shape index (κ3) is 6.42. The van der Waals surface area contributed by atoms with Crippen LogP contribution in [0.15, 0.2) is 30.3 Å². The number of rotatable bonds is 5. The Hall–Kier alpha value is -0.850. The maximum Gasteiger partial charge on any atom is 0.249 e. The number of likely N-dealkylation sites (tertiary alicyclic amines) is 1. The number of benzene rings is 1. The molecule has 2 aliphatic heterocycles. The standard InChI is InChI=1S/C18H27N3O2.2ClH/c19-12-16-6-7-17(23-16)18(22)20-15-8-10-21(11-9-15)13-14-4-2-1-3-5-14;;/h1-5,15-17H,6-13,19H2,(H,20,22);2*1H/t16-,17+;;/m1../s1. The maximum absolute atomic E-state index is 12.3. The smallest absolute Gasteiger partial charge is 0.249 e. The lowest BCUT2D eigenvalue weighted by molar-refractivity contribution is -0.132. The lowest BCUT2D eigenvalue weighted by atomic mass is 10.0. The highest BCUT2D eigenvalue weighted by Crippen LogP contribution is 2.20. The van der Waals surface area contributed by atoms with E-state index in [4.69, 9.17) is 10.5 Å². The molecule has 3 rings (SSSR count). The molecule has 2 saturated heterocycles. The Kier molecular flexibility index (Phi) is 9.75. The number of piperidine rings is 1. The topological polar surface area (TPSA) is 67.6 Å². The molecule has 2 heterocycles. The van der Waals surface area contributed by atoms with Gasteiger partial charge in [-0.05, 0) is 31.2 Å². The average molecular weight is 390 g/mol. The second-order valence-corrected chi connectivity index (χ2v) is 6.60. The summed E-state index contributed by atoms with van der Waals surface area (Å²) in [5, 5.41) is 3.16. The van der Waals surface area contributed by atoms with Crippen LogP contribution >= 0.6 is 24.8 Å². The number of amides is 1. The van der Waals surface area contributed by atoms with Crippen molar-refractivity contribution in [2.45, 2.75) is 50.5 Å². The third-order valence-corrected chi connectivity index (χ3v) is 4.85. The fourth-order valence-corrected chi connectivity index (χ4v) is 3.44. The predicted molar refractivity (Wildman–Crippen MR) is 104 cm³/mol. The fraction of sp³-hybridized carbons (Fsp3) is 0.611. The van der Waals surface area contributed by atoms with Crippen LogP contribution in [-0.2, 0) is 16.1 Å². The van der Waals surface area contributed by atoms with Crippen molar-refractivity contribution < 1.29 is 9.53 Å². The van der Waals surface area contributed by atoms with Crippen LogP contribution in [0, 0.1) is 0 Å². The largest absolute Gasteiger partial charge is 0.364 e. The lowest BCUT2D eigenvalue weighted by Crippen LogP contribution is -2.47. The monoisotopic (exact) mass is 389 g/mol. The van der Waals surface area contributed by atoms with Crippen molar-refractivity contribution in [3.05, 3.63) is 35.9 Å². The highest BCUT2D eigenvalue weighted by Gasteiger charge is 2.31. The fourth-order valence-electron chi connectivity index (χ4n) is 3.44. The van der Waals surface area contributed by atoms with Gasteiger partial charge in [0, 0.05) is 32.2 Å². The Morgan fingerprint density at radius 1 is 1.12 bits per heavy atom. The molecule has 142 valence electrons. The first-order valence-electron chi connectivity index (χ1n) is 8.67. The summed E-state index contributed by atoms with van der Waals surface area (Å²) in [5.41, 5.74) is 6.95. The van der Waals surface area contributed by atoms with Crippen LogP contribution in [0.3, 0.4) is 0 Å². The van der Waals surface area contributed by atoms with Crippen molar-refractivity contribution in [1.29, 1.82) is 0 Å². The van der Waals surface area contributed by atoms with Crippen LogP contribution in [0.5, 0.6) is 0 Å². The van der Waals surface area contributed by atoms with Gasteiger partial charge in [-0.1, -0.05) is 30.3 Å². The first-order chi connectivity index (χ1) is 11.2. The lowest BCUT2D eigenvalue weighted by Gasteiger charge is -2.32. The number of hydrogen-bond donors (Lipinski definition) is 2. The maximum atomic E-state index is 12.3. The van der Waals surface area contributed by atoms with Gasteiger partial charge in [0.05, 0.1) is 6.10 Å². The Balaban J connectivity index is 0.00000156. The number of nitrogens with zero attached hydrogens (tertiary/aromatic N) is 1. The van der Waals surface area contributed by atoms with Crippen molar-refractivity contribution in [3.8, 4) is 0 Å².